The van der Waals surface area contributed by atoms with Crippen LogP contribution >= 0.6 is 11.8 Å². The normalized spacial score (nSPS) is 10.9. The van der Waals surface area contributed by atoms with Gasteiger partial charge in [0.1, 0.15) is 16.5 Å². The van der Waals surface area contributed by atoms with Crippen molar-refractivity contribution in [3.05, 3.63) is 98.5 Å². The Balaban J connectivity index is 1.46. The predicted octanol–water partition coefficient (Wildman–Crippen LogP) is 3.85. The van der Waals surface area contributed by atoms with Gasteiger partial charge in [-0.05, 0) is 24.6 Å². The van der Waals surface area contributed by atoms with Gasteiger partial charge >= 0.3 is 5.69 Å². The van der Waals surface area contributed by atoms with Gasteiger partial charge in [-0.3, -0.25) is 19.7 Å². The number of nitro groups is 1. The first kappa shape index (κ1) is 20.5. The molecule has 0 aliphatic carbocycles. The van der Waals surface area contributed by atoms with E-state index in [1.807, 2.05) is 25.1 Å². The van der Waals surface area contributed by atoms with E-state index in [2.05, 4.69) is 15.1 Å². The molecule has 31 heavy (non-hydrogen) atoms. The molecular formula is C21H17N5O4S. The monoisotopic (exact) mass is 435 g/mol. The quantitative estimate of drug-likeness (QED) is 0.186. The van der Waals surface area contributed by atoms with Crippen LogP contribution in [0.2, 0.25) is 0 Å². The fourth-order valence-electron chi connectivity index (χ4n) is 2.94. The molecule has 3 heterocycles. The number of non-ortho nitro benzene ring substituents is 1. The maximum Gasteiger partial charge on any atom is 0.348 e. The number of benzene rings is 1. The SMILES string of the molecule is Cc1cn(Cc2ccccn2)c(=O)nc1SCc1cc(-c2cccc([N+](=O)[O-])c2)no1. The zero-order chi connectivity index (χ0) is 21.8. The first-order valence-electron chi connectivity index (χ1n) is 9.31. The van der Waals surface area contributed by atoms with Gasteiger partial charge in [-0.1, -0.05) is 35.1 Å². The minimum Gasteiger partial charge on any atom is -0.360 e. The Hall–Kier alpha value is -3.79. The van der Waals surface area contributed by atoms with Crippen LogP contribution in [0.3, 0.4) is 0 Å². The van der Waals surface area contributed by atoms with Gasteiger partial charge in [-0.2, -0.15) is 4.98 Å². The standard InChI is InChI=1S/C21H17N5O4S/c1-14-11-25(12-16-6-2-3-8-22-16)21(27)23-20(14)31-13-18-10-19(24-30-18)15-5-4-7-17(9-15)26(28)29/h2-11H,12-13H2,1H3. The molecule has 0 amide bonds. The van der Waals surface area contributed by atoms with Gasteiger partial charge in [0.25, 0.3) is 5.69 Å². The highest BCUT2D eigenvalue weighted by Crippen LogP contribution is 2.27. The molecule has 10 heteroatoms. The van der Waals surface area contributed by atoms with E-state index in [0.29, 0.717) is 34.3 Å². The van der Waals surface area contributed by atoms with E-state index in [1.165, 1.54) is 28.5 Å². The third-order valence-corrected chi connectivity index (χ3v) is 5.57. The average Bonchev–Trinajstić information content (AvgIpc) is 3.25. The Morgan fingerprint density at radius 2 is 2.06 bits per heavy atom. The lowest BCUT2D eigenvalue weighted by Crippen LogP contribution is -2.24. The Kier molecular flexibility index (Phi) is 5.89. The van der Waals surface area contributed by atoms with Gasteiger partial charge in [0, 0.05) is 36.2 Å². The summed E-state index contributed by atoms with van der Waals surface area (Å²) in [5.74, 6) is 0.991. The van der Waals surface area contributed by atoms with Crippen LogP contribution in [-0.2, 0) is 12.3 Å². The highest BCUT2D eigenvalue weighted by atomic mass is 32.2. The molecule has 0 saturated carbocycles. The summed E-state index contributed by atoms with van der Waals surface area (Å²) in [6.07, 6.45) is 3.45. The fraction of sp³-hybridized carbons (Fsp3) is 0.143. The predicted molar refractivity (Wildman–Crippen MR) is 115 cm³/mol. The van der Waals surface area contributed by atoms with E-state index in [-0.39, 0.29) is 11.4 Å². The highest BCUT2D eigenvalue weighted by Gasteiger charge is 2.13. The molecule has 4 aromatic rings. The maximum absolute atomic E-state index is 12.4. The number of nitro benzene ring substituents is 1. The molecule has 0 unspecified atom stereocenters. The first-order chi connectivity index (χ1) is 15.0. The Bertz CT molecular complexity index is 1290. The lowest BCUT2D eigenvalue weighted by molar-refractivity contribution is -0.384. The molecule has 9 nitrogen and oxygen atoms in total. The molecule has 0 atom stereocenters. The lowest BCUT2D eigenvalue weighted by atomic mass is 10.1. The van der Waals surface area contributed by atoms with Crippen LogP contribution in [0.15, 0.2) is 75.3 Å². The van der Waals surface area contributed by atoms with Crippen LogP contribution in [0.25, 0.3) is 11.3 Å². The zero-order valence-electron chi connectivity index (χ0n) is 16.5. The molecule has 0 spiro atoms. The molecule has 0 aliphatic heterocycles. The molecule has 0 fully saturated rings. The second kappa shape index (κ2) is 8.92. The Labute approximate surface area is 180 Å². The first-order valence-corrected chi connectivity index (χ1v) is 10.3. The van der Waals surface area contributed by atoms with Crippen molar-refractivity contribution < 1.29 is 9.45 Å². The number of rotatable bonds is 7. The Morgan fingerprint density at radius 1 is 1.19 bits per heavy atom. The second-order valence-corrected chi connectivity index (χ2v) is 7.70. The van der Waals surface area contributed by atoms with Crippen LogP contribution in [0.1, 0.15) is 17.0 Å². The van der Waals surface area contributed by atoms with Crippen molar-refractivity contribution in [3.8, 4) is 11.3 Å². The van der Waals surface area contributed by atoms with Gasteiger partial charge in [0.2, 0.25) is 0 Å². The zero-order valence-corrected chi connectivity index (χ0v) is 17.3. The largest absolute Gasteiger partial charge is 0.360 e. The molecular weight excluding hydrogens is 418 g/mol. The topological polar surface area (TPSA) is 117 Å². The van der Waals surface area contributed by atoms with Gasteiger partial charge in [0.05, 0.1) is 22.9 Å². The number of aromatic nitrogens is 4. The molecule has 3 aromatic heterocycles. The number of aryl methyl sites for hydroxylation is 1. The fourth-order valence-corrected chi connectivity index (χ4v) is 3.78. The summed E-state index contributed by atoms with van der Waals surface area (Å²) in [5, 5.41) is 15.6. The summed E-state index contributed by atoms with van der Waals surface area (Å²) in [5.41, 5.74) is 2.38. The van der Waals surface area contributed by atoms with Crippen molar-refractivity contribution in [2.24, 2.45) is 0 Å². The number of nitrogens with zero attached hydrogens (tertiary/aromatic N) is 5. The van der Waals surface area contributed by atoms with Crippen molar-refractivity contribution in [2.75, 3.05) is 0 Å². The maximum atomic E-state index is 12.4. The van der Waals surface area contributed by atoms with Crippen molar-refractivity contribution in [1.29, 1.82) is 0 Å². The number of hydrogen-bond acceptors (Lipinski definition) is 8. The molecule has 4 rings (SSSR count). The van der Waals surface area contributed by atoms with Crippen molar-refractivity contribution in [3.63, 3.8) is 0 Å². The van der Waals surface area contributed by atoms with Gasteiger partial charge in [-0.25, -0.2) is 4.79 Å². The third-order valence-electron chi connectivity index (χ3n) is 4.45. The number of hydrogen-bond donors (Lipinski definition) is 0. The molecule has 1 aromatic carbocycles. The molecule has 0 radical (unpaired) electrons. The number of thioether (sulfide) groups is 1. The minimum absolute atomic E-state index is 0.0116. The summed E-state index contributed by atoms with van der Waals surface area (Å²) in [6, 6.07) is 13.5. The van der Waals surface area contributed by atoms with Crippen LogP contribution in [0.4, 0.5) is 5.69 Å². The summed E-state index contributed by atoms with van der Waals surface area (Å²) < 4.78 is 6.88. The summed E-state index contributed by atoms with van der Waals surface area (Å²) in [7, 11) is 0. The number of pyridine rings is 1. The van der Waals surface area contributed by atoms with Gasteiger partial charge in [-0.15, -0.1) is 0 Å². The molecule has 0 saturated heterocycles. The lowest BCUT2D eigenvalue weighted by Gasteiger charge is -2.08. The minimum atomic E-state index is -0.454. The third kappa shape index (κ3) is 4.86. The van der Waals surface area contributed by atoms with E-state index < -0.39 is 4.92 Å². The smallest absolute Gasteiger partial charge is 0.348 e. The van der Waals surface area contributed by atoms with Crippen molar-refractivity contribution in [1.82, 2.24) is 19.7 Å². The molecule has 156 valence electrons. The Morgan fingerprint density at radius 3 is 2.84 bits per heavy atom. The van der Waals surface area contributed by atoms with Crippen LogP contribution in [0.5, 0.6) is 0 Å². The van der Waals surface area contributed by atoms with E-state index in [4.69, 9.17) is 4.52 Å². The van der Waals surface area contributed by atoms with E-state index in [1.54, 1.807) is 30.6 Å². The average molecular weight is 435 g/mol. The van der Waals surface area contributed by atoms with Crippen molar-refractivity contribution >= 4 is 17.4 Å². The molecule has 0 bridgehead atoms. The van der Waals surface area contributed by atoms with E-state index in [9.17, 15) is 14.9 Å². The van der Waals surface area contributed by atoms with Gasteiger partial charge in [0.15, 0.2) is 0 Å². The van der Waals surface area contributed by atoms with E-state index >= 15 is 0 Å². The van der Waals surface area contributed by atoms with Gasteiger partial charge < -0.3 is 4.52 Å². The molecule has 0 aliphatic rings. The highest BCUT2D eigenvalue weighted by molar-refractivity contribution is 7.98. The van der Waals surface area contributed by atoms with Crippen LogP contribution in [0, 0.1) is 17.0 Å². The molecule has 0 N–H and O–H groups in total. The van der Waals surface area contributed by atoms with Crippen LogP contribution in [-0.4, -0.2) is 24.6 Å². The van der Waals surface area contributed by atoms with Crippen molar-refractivity contribution in [2.45, 2.75) is 24.2 Å². The van der Waals surface area contributed by atoms with Crippen LogP contribution < -0.4 is 5.69 Å². The summed E-state index contributed by atoms with van der Waals surface area (Å²) in [6.45, 7) is 2.24. The van der Waals surface area contributed by atoms with E-state index in [0.717, 1.165) is 11.3 Å². The second-order valence-electron chi connectivity index (χ2n) is 6.74. The summed E-state index contributed by atoms with van der Waals surface area (Å²) in [4.78, 5) is 31.3. The summed E-state index contributed by atoms with van der Waals surface area (Å²) >= 11 is 1.36.